The smallest absolute Gasteiger partial charge is 0.238 e. The molecule has 4 nitrogen and oxygen atoms in total. The second-order valence-corrected chi connectivity index (χ2v) is 5.74. The van der Waals surface area contributed by atoms with Crippen LogP contribution >= 0.6 is 0 Å². The lowest BCUT2D eigenvalue weighted by Gasteiger charge is -2.37. The number of hydrogen-bond acceptors (Lipinski definition) is 3. The van der Waals surface area contributed by atoms with Gasteiger partial charge in [0.15, 0.2) is 0 Å². The van der Waals surface area contributed by atoms with Crippen molar-refractivity contribution in [3.63, 3.8) is 0 Å². The van der Waals surface area contributed by atoms with Crippen molar-refractivity contribution in [3.05, 3.63) is 29.8 Å². The highest BCUT2D eigenvalue weighted by Gasteiger charge is 2.31. The van der Waals surface area contributed by atoms with Gasteiger partial charge in [0.1, 0.15) is 11.6 Å². The van der Waals surface area contributed by atoms with Crippen LogP contribution in [-0.4, -0.2) is 54.5 Å². The van der Waals surface area contributed by atoms with E-state index in [0.717, 1.165) is 38.3 Å². The molecule has 0 aliphatic carbocycles. The van der Waals surface area contributed by atoms with Crippen molar-refractivity contribution in [3.8, 4) is 0 Å². The molecule has 3 rings (SSSR count). The minimum atomic E-state index is -0.746. The summed E-state index contributed by atoms with van der Waals surface area (Å²) in [5, 5.41) is 2.51. The van der Waals surface area contributed by atoms with E-state index in [0.29, 0.717) is 6.04 Å². The highest BCUT2D eigenvalue weighted by atomic mass is 19.1. The van der Waals surface area contributed by atoms with Crippen LogP contribution in [0, 0.1) is 11.6 Å². The molecule has 21 heavy (non-hydrogen) atoms. The van der Waals surface area contributed by atoms with Crippen molar-refractivity contribution in [2.75, 3.05) is 38.0 Å². The van der Waals surface area contributed by atoms with Gasteiger partial charge in [-0.15, -0.1) is 0 Å². The Morgan fingerprint density at radius 2 is 2.14 bits per heavy atom. The fourth-order valence-corrected chi connectivity index (χ4v) is 3.18. The van der Waals surface area contributed by atoms with Gasteiger partial charge in [-0.25, -0.2) is 8.78 Å². The first-order chi connectivity index (χ1) is 10.1. The fraction of sp³-hybridized carbons (Fsp3) is 0.533. The number of hydrogen-bond donors (Lipinski definition) is 1. The Hall–Kier alpha value is -1.53. The molecule has 6 heteroatoms. The Kier molecular flexibility index (Phi) is 4.17. The average Bonchev–Trinajstić information content (AvgIpc) is 2.89. The van der Waals surface area contributed by atoms with E-state index in [1.165, 1.54) is 18.9 Å². The molecule has 1 unspecified atom stereocenters. The van der Waals surface area contributed by atoms with Crippen molar-refractivity contribution >= 4 is 11.6 Å². The molecule has 1 aromatic rings. The molecule has 1 N–H and O–H groups in total. The third-order valence-corrected chi connectivity index (χ3v) is 4.24. The fourth-order valence-electron chi connectivity index (χ4n) is 3.18. The van der Waals surface area contributed by atoms with Crippen LogP contribution in [0.3, 0.4) is 0 Å². The highest BCUT2D eigenvalue weighted by Crippen LogP contribution is 2.21. The number of anilines is 1. The van der Waals surface area contributed by atoms with E-state index in [1.54, 1.807) is 0 Å². The molecule has 2 aliphatic rings. The van der Waals surface area contributed by atoms with E-state index >= 15 is 0 Å². The largest absolute Gasteiger partial charge is 0.322 e. The first-order valence-corrected chi connectivity index (χ1v) is 7.33. The predicted molar refractivity (Wildman–Crippen MR) is 76.0 cm³/mol. The van der Waals surface area contributed by atoms with Gasteiger partial charge >= 0.3 is 0 Å². The van der Waals surface area contributed by atoms with Gasteiger partial charge < -0.3 is 5.32 Å². The second kappa shape index (κ2) is 6.07. The van der Waals surface area contributed by atoms with Gasteiger partial charge in [-0.2, -0.15) is 0 Å². The molecule has 2 aliphatic heterocycles. The maximum Gasteiger partial charge on any atom is 0.238 e. The van der Waals surface area contributed by atoms with Gasteiger partial charge in [-0.1, -0.05) is 0 Å². The number of carbonyl (C=O) groups excluding carboxylic acids is 1. The lowest BCUT2D eigenvalue weighted by Crippen LogP contribution is -2.51. The number of benzene rings is 1. The van der Waals surface area contributed by atoms with Crippen LogP contribution in [0.25, 0.3) is 0 Å². The quantitative estimate of drug-likeness (QED) is 0.921. The molecule has 2 heterocycles. The SMILES string of the molecule is O=C(CN1CCN2CCCC2C1)Nc1ccc(F)cc1F. The lowest BCUT2D eigenvalue weighted by atomic mass is 10.1. The Morgan fingerprint density at radius 3 is 2.95 bits per heavy atom. The van der Waals surface area contributed by atoms with Crippen LogP contribution in [0.5, 0.6) is 0 Å². The summed E-state index contributed by atoms with van der Waals surface area (Å²) in [6.07, 6.45) is 2.41. The summed E-state index contributed by atoms with van der Waals surface area (Å²) in [5.74, 6) is -1.65. The number of fused-ring (bicyclic) bond motifs is 1. The van der Waals surface area contributed by atoms with E-state index in [4.69, 9.17) is 0 Å². The number of piperazine rings is 1. The summed E-state index contributed by atoms with van der Waals surface area (Å²) in [4.78, 5) is 16.5. The maximum absolute atomic E-state index is 13.5. The summed E-state index contributed by atoms with van der Waals surface area (Å²) in [5.41, 5.74) is 0.0286. The van der Waals surface area contributed by atoms with Crippen molar-refractivity contribution < 1.29 is 13.6 Å². The molecular formula is C15H19F2N3O. The molecule has 2 fully saturated rings. The molecule has 2 saturated heterocycles. The third kappa shape index (κ3) is 3.39. The minimum Gasteiger partial charge on any atom is -0.322 e. The molecule has 1 amide bonds. The molecule has 114 valence electrons. The number of nitrogens with zero attached hydrogens (tertiary/aromatic N) is 2. The van der Waals surface area contributed by atoms with Gasteiger partial charge in [0, 0.05) is 31.7 Å². The van der Waals surface area contributed by atoms with Gasteiger partial charge in [0.05, 0.1) is 12.2 Å². The van der Waals surface area contributed by atoms with Crippen LogP contribution in [-0.2, 0) is 4.79 Å². The zero-order chi connectivity index (χ0) is 14.8. The van der Waals surface area contributed by atoms with Crippen LogP contribution in [0.4, 0.5) is 14.5 Å². The first-order valence-electron chi connectivity index (χ1n) is 7.33. The molecule has 0 saturated carbocycles. The molecule has 1 aromatic carbocycles. The van der Waals surface area contributed by atoms with E-state index in [1.807, 2.05) is 0 Å². The van der Waals surface area contributed by atoms with Crippen LogP contribution in [0.2, 0.25) is 0 Å². The number of halogens is 2. The van der Waals surface area contributed by atoms with E-state index in [9.17, 15) is 13.6 Å². The van der Waals surface area contributed by atoms with E-state index in [-0.39, 0.29) is 18.1 Å². The lowest BCUT2D eigenvalue weighted by molar-refractivity contribution is -0.117. The van der Waals surface area contributed by atoms with Crippen molar-refractivity contribution in [1.29, 1.82) is 0 Å². The topological polar surface area (TPSA) is 35.6 Å². The van der Waals surface area contributed by atoms with Gasteiger partial charge in [-0.3, -0.25) is 14.6 Å². The third-order valence-electron chi connectivity index (χ3n) is 4.24. The molecular weight excluding hydrogens is 276 g/mol. The Balaban J connectivity index is 1.54. The standard InChI is InChI=1S/C15H19F2N3O/c16-11-3-4-14(13(17)8-11)18-15(21)10-19-6-7-20-5-1-2-12(20)9-19/h3-4,8,12H,1-2,5-7,9-10H2,(H,18,21). The molecule has 0 bridgehead atoms. The second-order valence-electron chi connectivity index (χ2n) is 5.74. The van der Waals surface area contributed by atoms with Crippen molar-refractivity contribution in [2.24, 2.45) is 0 Å². The Bertz CT molecular complexity index is 538. The summed E-state index contributed by atoms with van der Waals surface area (Å²) >= 11 is 0. The number of nitrogens with one attached hydrogen (secondary N) is 1. The van der Waals surface area contributed by atoms with Crippen LogP contribution in [0.15, 0.2) is 18.2 Å². The summed E-state index contributed by atoms with van der Waals surface area (Å²) in [6, 6.07) is 3.70. The zero-order valence-corrected chi connectivity index (χ0v) is 11.8. The van der Waals surface area contributed by atoms with E-state index in [2.05, 4.69) is 15.1 Å². The number of amides is 1. The molecule has 0 radical (unpaired) electrons. The van der Waals surface area contributed by atoms with E-state index < -0.39 is 11.6 Å². The zero-order valence-electron chi connectivity index (χ0n) is 11.8. The highest BCUT2D eigenvalue weighted by molar-refractivity contribution is 5.92. The normalized spacial score (nSPS) is 23.0. The molecule has 0 aromatic heterocycles. The number of rotatable bonds is 3. The average molecular weight is 295 g/mol. The van der Waals surface area contributed by atoms with Crippen molar-refractivity contribution in [2.45, 2.75) is 18.9 Å². The monoisotopic (exact) mass is 295 g/mol. The summed E-state index contributed by atoms with van der Waals surface area (Å²) < 4.78 is 26.3. The minimum absolute atomic E-state index is 0.0286. The van der Waals surface area contributed by atoms with Gasteiger partial charge in [-0.05, 0) is 31.5 Å². The van der Waals surface area contributed by atoms with Crippen molar-refractivity contribution in [1.82, 2.24) is 9.80 Å². The Morgan fingerprint density at radius 1 is 1.29 bits per heavy atom. The van der Waals surface area contributed by atoms with Gasteiger partial charge in [0.2, 0.25) is 5.91 Å². The van der Waals surface area contributed by atoms with Crippen LogP contribution < -0.4 is 5.32 Å². The predicted octanol–water partition coefficient (Wildman–Crippen LogP) is 1.68. The van der Waals surface area contributed by atoms with Gasteiger partial charge in [0.25, 0.3) is 0 Å². The Labute approximate surface area is 122 Å². The van der Waals surface area contributed by atoms with Crippen LogP contribution in [0.1, 0.15) is 12.8 Å². The molecule has 0 spiro atoms. The number of carbonyl (C=O) groups is 1. The summed E-state index contributed by atoms with van der Waals surface area (Å²) in [6.45, 7) is 4.14. The maximum atomic E-state index is 13.5. The summed E-state index contributed by atoms with van der Waals surface area (Å²) in [7, 11) is 0. The molecule has 1 atom stereocenters. The first kappa shape index (κ1) is 14.4.